The van der Waals surface area contributed by atoms with E-state index in [1.807, 2.05) is 37.3 Å². The summed E-state index contributed by atoms with van der Waals surface area (Å²) in [7, 11) is -4.41. The van der Waals surface area contributed by atoms with Gasteiger partial charge in [0.05, 0.1) is 15.5 Å². The van der Waals surface area contributed by atoms with E-state index in [2.05, 4.69) is 0 Å². The molecule has 0 fully saturated rings. The van der Waals surface area contributed by atoms with Gasteiger partial charge in [-0.15, -0.1) is 11.8 Å². The molecule has 0 saturated heterocycles. The van der Waals surface area contributed by atoms with E-state index in [-0.39, 0.29) is 17.2 Å². The Balaban J connectivity index is 2.21. The highest BCUT2D eigenvalue weighted by atomic mass is 32.2. The second-order valence-corrected chi connectivity index (χ2v) is 10.4. The van der Waals surface area contributed by atoms with Crippen LogP contribution in [0, 0.1) is 5.92 Å². The summed E-state index contributed by atoms with van der Waals surface area (Å²) in [4.78, 5) is 12.7. The Kier molecular flexibility index (Phi) is 8.01. The van der Waals surface area contributed by atoms with Crippen molar-refractivity contribution in [1.82, 2.24) is 0 Å². The summed E-state index contributed by atoms with van der Waals surface area (Å²) < 4.78 is 60.8. The van der Waals surface area contributed by atoms with Gasteiger partial charge in [-0.2, -0.15) is 4.39 Å². The molecule has 1 aliphatic rings. The normalized spacial score (nSPS) is 20.1. The number of carboxylic acids is 1. The second kappa shape index (κ2) is 10.6. The number of rotatable bonds is 8. The van der Waals surface area contributed by atoms with Gasteiger partial charge in [0.25, 0.3) is 0 Å². The number of unbranched alkanes of at least 4 members (excludes halogenated alkanes) is 1. The van der Waals surface area contributed by atoms with Crippen LogP contribution in [0.15, 0.2) is 64.3 Å². The summed E-state index contributed by atoms with van der Waals surface area (Å²) in [5.41, 5.74) is -1.12. The Morgan fingerprint density at radius 1 is 1.30 bits per heavy atom. The van der Waals surface area contributed by atoms with Crippen molar-refractivity contribution in [2.75, 3.05) is 17.7 Å². The van der Waals surface area contributed by atoms with Crippen molar-refractivity contribution in [3.05, 3.63) is 54.6 Å². The number of thioether (sulfide) groups is 1. The third-order valence-electron chi connectivity index (χ3n) is 5.42. The summed E-state index contributed by atoms with van der Waals surface area (Å²) in [5.74, 6) is -4.20. The van der Waals surface area contributed by atoms with Gasteiger partial charge in [0, 0.05) is 24.2 Å². The lowest BCUT2D eigenvalue weighted by atomic mass is 10.0. The van der Waals surface area contributed by atoms with Crippen molar-refractivity contribution in [2.24, 2.45) is 5.92 Å². The van der Waals surface area contributed by atoms with Crippen molar-refractivity contribution in [2.45, 2.75) is 41.5 Å². The number of carboxylic acid groups (broad SMARTS) is 1. The van der Waals surface area contributed by atoms with Crippen LogP contribution in [0.1, 0.15) is 26.2 Å². The molecule has 0 radical (unpaired) electrons. The molecule has 0 spiro atoms. The smallest absolute Gasteiger partial charge is 0.368 e. The zero-order valence-corrected chi connectivity index (χ0v) is 19.8. The molecule has 1 aliphatic heterocycles. The highest BCUT2D eigenvalue weighted by Gasteiger charge is 2.42. The van der Waals surface area contributed by atoms with Crippen LogP contribution in [0.25, 0.3) is 0 Å². The summed E-state index contributed by atoms with van der Waals surface area (Å²) >= 11 is 1.21. The number of ether oxygens (including phenoxy) is 1. The number of anilines is 2. The molecule has 10 heteroatoms. The molecule has 2 unspecified atom stereocenters. The average molecular weight is 498 g/mol. The molecule has 0 amide bonds. The van der Waals surface area contributed by atoms with Crippen LogP contribution in [0.5, 0.6) is 5.75 Å². The van der Waals surface area contributed by atoms with Crippen molar-refractivity contribution in [3.63, 3.8) is 0 Å². The van der Waals surface area contributed by atoms with Gasteiger partial charge in [0.2, 0.25) is 21.2 Å². The first-order chi connectivity index (χ1) is 15.7. The maximum Gasteiger partial charge on any atom is 0.368 e. The highest BCUT2D eigenvalue weighted by Crippen LogP contribution is 2.45. The van der Waals surface area contributed by atoms with Gasteiger partial charge in [0.15, 0.2) is 0 Å². The van der Waals surface area contributed by atoms with E-state index in [0.29, 0.717) is 35.4 Å². The predicted octanol–water partition coefficient (Wildman–Crippen LogP) is 5.71. The summed E-state index contributed by atoms with van der Waals surface area (Å²) in [6.07, 6.45) is 3.99. The fraction of sp³-hybridized carbons (Fsp3) is 0.348. The SMILES string of the molecule is CCCCC1CN(c2ccccc2)c2cc(SC)c(O/C=C(\F)C(=O)O)cc2S(=O)(=O)C1F. The van der Waals surface area contributed by atoms with Crippen LogP contribution < -0.4 is 9.64 Å². The van der Waals surface area contributed by atoms with E-state index in [9.17, 15) is 17.6 Å². The van der Waals surface area contributed by atoms with E-state index < -0.39 is 33.1 Å². The Morgan fingerprint density at radius 2 is 2.00 bits per heavy atom. The van der Waals surface area contributed by atoms with Gasteiger partial charge in [-0.25, -0.2) is 17.6 Å². The number of fused-ring (bicyclic) bond motifs is 1. The van der Waals surface area contributed by atoms with Crippen molar-refractivity contribution in [1.29, 1.82) is 0 Å². The molecule has 1 heterocycles. The Bertz CT molecular complexity index is 1140. The van der Waals surface area contributed by atoms with Crippen LogP contribution >= 0.6 is 11.8 Å². The molecule has 0 saturated carbocycles. The van der Waals surface area contributed by atoms with E-state index in [4.69, 9.17) is 9.84 Å². The number of aliphatic carboxylic acids is 1. The minimum atomic E-state index is -4.41. The van der Waals surface area contributed by atoms with Crippen LogP contribution in [-0.4, -0.2) is 37.8 Å². The van der Waals surface area contributed by atoms with Crippen LogP contribution in [0.3, 0.4) is 0 Å². The maximum absolute atomic E-state index is 15.5. The first kappa shape index (κ1) is 25.0. The Hall–Kier alpha value is -2.59. The highest BCUT2D eigenvalue weighted by molar-refractivity contribution is 7.98. The third kappa shape index (κ3) is 5.33. The van der Waals surface area contributed by atoms with E-state index in [0.717, 1.165) is 12.5 Å². The van der Waals surface area contributed by atoms with E-state index in [1.165, 1.54) is 11.8 Å². The number of nitrogens with zero attached hydrogens (tertiary/aromatic N) is 1. The molecule has 33 heavy (non-hydrogen) atoms. The lowest BCUT2D eigenvalue weighted by Gasteiger charge is -2.28. The number of hydrogen-bond donors (Lipinski definition) is 1. The largest absolute Gasteiger partial charge is 0.476 e. The third-order valence-corrected chi connectivity index (χ3v) is 8.09. The summed E-state index contributed by atoms with van der Waals surface area (Å²) in [5, 5.41) is 8.71. The average Bonchev–Trinajstić information content (AvgIpc) is 2.89. The number of para-hydroxylation sites is 1. The first-order valence-corrected chi connectivity index (χ1v) is 13.2. The molecule has 0 aliphatic carbocycles. The zero-order valence-electron chi connectivity index (χ0n) is 18.2. The first-order valence-electron chi connectivity index (χ1n) is 10.4. The quantitative estimate of drug-likeness (QED) is 0.284. The monoisotopic (exact) mass is 497 g/mol. The molecule has 3 rings (SSSR count). The van der Waals surface area contributed by atoms with E-state index in [1.54, 1.807) is 17.2 Å². The zero-order chi connectivity index (χ0) is 24.2. The number of hydrogen-bond acceptors (Lipinski definition) is 6. The molecular formula is C23H25F2NO5S2. The molecule has 6 nitrogen and oxygen atoms in total. The lowest BCUT2D eigenvalue weighted by molar-refractivity contribution is -0.134. The standard InChI is InChI=1S/C23H25F2NO5S2/c1-3-4-8-15-13-26(16-9-6-5-7-10-16)18-11-20(32-2)19(31-14-17(24)23(27)28)12-21(18)33(29,30)22(15)25/h5-7,9-12,14-15,22H,3-4,8,13H2,1-2H3,(H,27,28)/b17-14-. The van der Waals surface area contributed by atoms with Crippen molar-refractivity contribution < 1.29 is 31.8 Å². The fourth-order valence-corrected chi connectivity index (χ4v) is 5.96. The molecule has 2 atom stereocenters. The molecule has 0 aromatic heterocycles. The van der Waals surface area contributed by atoms with Crippen LogP contribution in [0.4, 0.5) is 20.2 Å². The van der Waals surface area contributed by atoms with Gasteiger partial charge in [-0.05, 0) is 30.9 Å². The minimum Gasteiger partial charge on any atom is -0.476 e. The van der Waals surface area contributed by atoms with Crippen molar-refractivity contribution >= 4 is 38.9 Å². The summed E-state index contributed by atoms with van der Waals surface area (Å²) in [6, 6.07) is 11.8. The minimum absolute atomic E-state index is 0.0755. The predicted molar refractivity (Wildman–Crippen MR) is 124 cm³/mol. The van der Waals surface area contributed by atoms with E-state index >= 15 is 4.39 Å². The molecule has 1 N–H and O–H groups in total. The Morgan fingerprint density at radius 3 is 2.61 bits per heavy atom. The van der Waals surface area contributed by atoms with Gasteiger partial charge in [0.1, 0.15) is 12.0 Å². The van der Waals surface area contributed by atoms with Gasteiger partial charge in [-0.3, -0.25) is 0 Å². The molecule has 0 bridgehead atoms. The number of halogens is 2. The van der Waals surface area contributed by atoms with Gasteiger partial charge >= 0.3 is 5.97 Å². The van der Waals surface area contributed by atoms with Crippen LogP contribution in [0.2, 0.25) is 0 Å². The maximum atomic E-state index is 15.5. The van der Waals surface area contributed by atoms with Crippen LogP contribution in [-0.2, 0) is 14.6 Å². The molecule has 2 aromatic carbocycles. The second-order valence-electron chi connectivity index (χ2n) is 7.60. The number of benzene rings is 2. The van der Waals surface area contributed by atoms with Crippen molar-refractivity contribution in [3.8, 4) is 5.75 Å². The number of carbonyl (C=O) groups is 1. The van der Waals surface area contributed by atoms with Gasteiger partial charge < -0.3 is 14.7 Å². The topological polar surface area (TPSA) is 83.9 Å². The van der Waals surface area contributed by atoms with Gasteiger partial charge in [-0.1, -0.05) is 38.0 Å². The molecular weight excluding hydrogens is 472 g/mol. The Labute approximate surface area is 196 Å². The number of sulfone groups is 1. The summed E-state index contributed by atoms with van der Waals surface area (Å²) in [6.45, 7) is 2.12. The molecule has 178 valence electrons. The molecule has 2 aromatic rings. The fourth-order valence-electron chi connectivity index (χ4n) is 3.72. The number of alkyl halides is 1. The lowest BCUT2D eigenvalue weighted by Crippen LogP contribution is -2.31.